The molecule has 7 rings (SSSR count). The fourth-order valence-electron chi connectivity index (χ4n) is 7.02. The van der Waals surface area contributed by atoms with E-state index in [0.717, 1.165) is 53.8 Å². The largest absolute Gasteiger partial charge is 0.455 e. The Kier molecular flexibility index (Phi) is 5.05. The minimum Gasteiger partial charge on any atom is -0.455 e. The van der Waals surface area contributed by atoms with Crippen LogP contribution in [0, 0.1) is 30.5 Å². The molecule has 4 nitrogen and oxygen atoms in total. The first kappa shape index (κ1) is 21.2. The summed E-state index contributed by atoms with van der Waals surface area (Å²) in [5.74, 6) is 2.00. The molecular formula is C27H28FNO3S. The molecule has 2 aromatic rings. The van der Waals surface area contributed by atoms with Crippen LogP contribution in [0.5, 0.6) is 0 Å². The predicted octanol–water partition coefficient (Wildman–Crippen LogP) is 6.04. The number of ether oxygens (including phenoxy) is 1. The van der Waals surface area contributed by atoms with Crippen molar-refractivity contribution < 1.29 is 18.7 Å². The van der Waals surface area contributed by atoms with E-state index >= 15 is 0 Å². The summed E-state index contributed by atoms with van der Waals surface area (Å²) in [7, 11) is 0. The molecule has 4 saturated carbocycles. The lowest BCUT2D eigenvalue weighted by Gasteiger charge is -2.55. The zero-order valence-electron chi connectivity index (χ0n) is 18.8. The van der Waals surface area contributed by atoms with E-state index in [1.54, 1.807) is 23.1 Å². The van der Waals surface area contributed by atoms with Crippen molar-refractivity contribution in [2.75, 3.05) is 10.7 Å². The van der Waals surface area contributed by atoms with Crippen molar-refractivity contribution >= 4 is 29.3 Å². The van der Waals surface area contributed by atoms with E-state index in [-0.39, 0.29) is 28.7 Å². The molecule has 1 atom stereocenters. The normalized spacial score (nSPS) is 32.4. The second-order valence-corrected chi connectivity index (χ2v) is 11.5. The molecule has 1 aliphatic heterocycles. The van der Waals surface area contributed by atoms with Gasteiger partial charge in [-0.25, -0.2) is 9.18 Å². The number of benzene rings is 2. The number of thioether (sulfide) groups is 1. The second-order valence-electron chi connectivity index (χ2n) is 10.5. The van der Waals surface area contributed by atoms with Crippen LogP contribution in [0.25, 0.3) is 0 Å². The number of amides is 1. The topological polar surface area (TPSA) is 46.6 Å². The van der Waals surface area contributed by atoms with Gasteiger partial charge in [0.05, 0.1) is 11.3 Å². The molecule has 5 fully saturated rings. The van der Waals surface area contributed by atoms with Crippen LogP contribution in [0.1, 0.15) is 65.4 Å². The van der Waals surface area contributed by atoms with Crippen molar-refractivity contribution in [3.05, 3.63) is 65.0 Å². The number of hydrogen-bond acceptors (Lipinski definition) is 4. The number of anilines is 1. The Morgan fingerprint density at radius 2 is 1.67 bits per heavy atom. The first-order valence-corrected chi connectivity index (χ1v) is 13.0. The maximum absolute atomic E-state index is 13.4. The summed E-state index contributed by atoms with van der Waals surface area (Å²) in [5.41, 5.74) is 2.80. The molecule has 4 aliphatic carbocycles. The molecule has 5 aliphatic rings. The van der Waals surface area contributed by atoms with E-state index in [9.17, 15) is 14.0 Å². The van der Waals surface area contributed by atoms with Gasteiger partial charge in [0.2, 0.25) is 5.91 Å². The molecule has 0 aromatic heterocycles. The Hall–Kier alpha value is -2.34. The lowest BCUT2D eigenvalue weighted by molar-refractivity contribution is -0.131. The van der Waals surface area contributed by atoms with Crippen LogP contribution in [0.3, 0.4) is 0 Å². The van der Waals surface area contributed by atoms with Gasteiger partial charge in [-0.15, -0.1) is 11.8 Å². The molecule has 1 unspecified atom stereocenters. The zero-order chi connectivity index (χ0) is 22.7. The van der Waals surface area contributed by atoms with E-state index in [1.165, 1.54) is 43.2 Å². The second kappa shape index (κ2) is 7.86. The summed E-state index contributed by atoms with van der Waals surface area (Å²) in [4.78, 5) is 27.7. The van der Waals surface area contributed by atoms with Gasteiger partial charge in [-0.05, 0) is 105 Å². The fraction of sp³-hybridized carbons (Fsp3) is 0.481. The summed E-state index contributed by atoms with van der Waals surface area (Å²) in [6.07, 6.45) is 6.97. The van der Waals surface area contributed by atoms with Gasteiger partial charge in [0, 0.05) is 5.69 Å². The Morgan fingerprint density at radius 1 is 1.03 bits per heavy atom. The molecular weight excluding hydrogens is 437 g/mol. The van der Waals surface area contributed by atoms with Crippen molar-refractivity contribution in [2.24, 2.45) is 17.8 Å². The Morgan fingerprint density at radius 3 is 2.27 bits per heavy atom. The highest BCUT2D eigenvalue weighted by molar-refractivity contribution is 8.00. The maximum Gasteiger partial charge on any atom is 0.338 e. The molecule has 33 heavy (non-hydrogen) atoms. The average molecular weight is 466 g/mol. The molecule has 2 aromatic carbocycles. The van der Waals surface area contributed by atoms with Crippen LogP contribution in [0.4, 0.5) is 10.1 Å². The maximum atomic E-state index is 13.4. The number of carbonyl (C=O) groups is 2. The third-order valence-corrected chi connectivity index (χ3v) is 9.22. The van der Waals surface area contributed by atoms with Gasteiger partial charge in [0.15, 0.2) is 0 Å². The molecule has 172 valence electrons. The third-order valence-electron chi connectivity index (χ3n) is 8.01. The summed E-state index contributed by atoms with van der Waals surface area (Å²) >= 11 is 1.53. The molecule has 0 spiro atoms. The minimum absolute atomic E-state index is 0.0151. The van der Waals surface area contributed by atoms with Gasteiger partial charge < -0.3 is 4.74 Å². The van der Waals surface area contributed by atoms with Crippen LogP contribution in [-0.4, -0.2) is 23.2 Å². The van der Waals surface area contributed by atoms with E-state index in [1.807, 2.05) is 19.1 Å². The Bertz CT molecular complexity index is 1080. The number of carbonyl (C=O) groups excluding carboxylic acids is 2. The minimum atomic E-state index is -0.294. The number of hydrogen-bond donors (Lipinski definition) is 0. The van der Waals surface area contributed by atoms with E-state index in [4.69, 9.17) is 4.74 Å². The van der Waals surface area contributed by atoms with Crippen molar-refractivity contribution in [1.29, 1.82) is 0 Å². The van der Waals surface area contributed by atoms with Crippen LogP contribution < -0.4 is 4.90 Å². The van der Waals surface area contributed by atoms with E-state index < -0.39 is 0 Å². The lowest BCUT2D eigenvalue weighted by Crippen LogP contribution is -2.52. The monoisotopic (exact) mass is 465 g/mol. The summed E-state index contributed by atoms with van der Waals surface area (Å²) < 4.78 is 19.6. The van der Waals surface area contributed by atoms with Crippen molar-refractivity contribution in [1.82, 2.24) is 0 Å². The lowest BCUT2D eigenvalue weighted by atomic mass is 9.54. The zero-order valence-corrected chi connectivity index (χ0v) is 19.6. The van der Waals surface area contributed by atoms with E-state index in [0.29, 0.717) is 11.3 Å². The van der Waals surface area contributed by atoms with Crippen LogP contribution in [0.2, 0.25) is 0 Å². The van der Waals surface area contributed by atoms with Gasteiger partial charge in [0.1, 0.15) is 16.8 Å². The van der Waals surface area contributed by atoms with Crippen LogP contribution in [-0.2, 0) is 9.53 Å². The summed E-state index contributed by atoms with van der Waals surface area (Å²) in [6, 6.07) is 11.8. The van der Waals surface area contributed by atoms with Gasteiger partial charge in [-0.2, -0.15) is 0 Å². The first-order valence-electron chi connectivity index (χ1n) is 11.9. The predicted molar refractivity (Wildman–Crippen MR) is 127 cm³/mol. The van der Waals surface area contributed by atoms with Crippen molar-refractivity contribution in [3.8, 4) is 0 Å². The number of halogens is 1. The number of aryl methyl sites for hydroxylation is 1. The Balaban J connectivity index is 1.23. The Labute approximate surface area is 197 Å². The molecule has 1 amide bonds. The van der Waals surface area contributed by atoms with Crippen LogP contribution in [0.15, 0.2) is 42.5 Å². The average Bonchev–Trinajstić information content (AvgIpc) is 3.14. The number of nitrogens with zero attached hydrogens (tertiary/aromatic N) is 1. The van der Waals surface area contributed by atoms with Gasteiger partial charge >= 0.3 is 5.97 Å². The van der Waals surface area contributed by atoms with E-state index in [2.05, 4.69) is 0 Å². The fourth-order valence-corrected chi connectivity index (χ4v) is 8.19. The highest BCUT2D eigenvalue weighted by Crippen LogP contribution is 2.57. The first-order chi connectivity index (χ1) is 15.9. The van der Waals surface area contributed by atoms with Gasteiger partial charge in [0.25, 0.3) is 0 Å². The number of esters is 1. The molecule has 1 heterocycles. The van der Waals surface area contributed by atoms with Crippen molar-refractivity contribution in [3.63, 3.8) is 0 Å². The SMILES string of the molecule is Cc1cc(C(=O)OC23CC4CC(CC(C4)C2)C3)ccc1N1C(=O)CSC1c1ccc(F)cc1. The van der Waals surface area contributed by atoms with Gasteiger partial charge in [-0.3, -0.25) is 9.69 Å². The standard InChI is InChI=1S/C27H28FNO3S/c1-16-8-21(26(31)32-27-12-17-9-18(13-27)11-19(10-17)14-27)4-7-23(16)29-24(30)15-33-25(29)20-2-5-22(28)6-3-20/h2-8,17-19,25H,9-15H2,1H3. The third kappa shape index (κ3) is 3.76. The highest BCUT2D eigenvalue weighted by Gasteiger charge is 2.53. The van der Waals surface area contributed by atoms with Crippen molar-refractivity contribution in [2.45, 2.75) is 56.4 Å². The molecule has 4 bridgehead atoms. The summed E-state index contributed by atoms with van der Waals surface area (Å²) in [6.45, 7) is 1.93. The number of rotatable bonds is 4. The van der Waals surface area contributed by atoms with Gasteiger partial charge in [-0.1, -0.05) is 12.1 Å². The molecule has 0 N–H and O–H groups in total. The smallest absolute Gasteiger partial charge is 0.338 e. The van der Waals surface area contributed by atoms with Crippen LogP contribution >= 0.6 is 11.8 Å². The molecule has 1 saturated heterocycles. The molecule has 0 radical (unpaired) electrons. The quantitative estimate of drug-likeness (QED) is 0.517. The molecule has 6 heteroatoms. The summed E-state index contributed by atoms with van der Waals surface area (Å²) in [5, 5.41) is -0.207. The highest BCUT2D eigenvalue weighted by atomic mass is 32.2.